The third-order valence-corrected chi connectivity index (χ3v) is 2.30. The van der Waals surface area contributed by atoms with Crippen molar-refractivity contribution in [3.63, 3.8) is 0 Å². The monoisotopic (exact) mass is 236 g/mol. The van der Waals surface area contributed by atoms with E-state index in [0.717, 1.165) is 4.88 Å². The minimum atomic E-state index is -4.33. The van der Waals surface area contributed by atoms with Crippen LogP contribution in [-0.4, -0.2) is 12.8 Å². The Bertz CT molecular complexity index is 356. The van der Waals surface area contributed by atoms with E-state index < -0.39 is 12.8 Å². The summed E-state index contributed by atoms with van der Waals surface area (Å²) in [5.74, 6) is 0. The van der Waals surface area contributed by atoms with Crippen LogP contribution in [0.15, 0.2) is 11.4 Å². The smallest absolute Gasteiger partial charge is 0.292 e. The van der Waals surface area contributed by atoms with Crippen LogP contribution < -0.4 is 5.48 Å². The number of hydroxylamine groups is 1. The normalized spacial score (nSPS) is 11.3. The minimum Gasteiger partial charge on any atom is -0.292 e. The summed E-state index contributed by atoms with van der Waals surface area (Å²) in [4.78, 5) is 4.94. The van der Waals surface area contributed by atoms with E-state index in [0.29, 0.717) is 5.56 Å². The lowest BCUT2D eigenvalue weighted by Crippen LogP contribution is -2.24. The largest absolute Gasteiger partial charge is 0.413 e. The van der Waals surface area contributed by atoms with Gasteiger partial charge in [-0.15, -0.1) is 11.3 Å². The van der Waals surface area contributed by atoms with Crippen molar-refractivity contribution in [1.82, 2.24) is 5.48 Å². The number of halogens is 3. The fraction of sp³-hybridized carbons (Fsp3) is 0.375. The van der Waals surface area contributed by atoms with Gasteiger partial charge in [0.25, 0.3) is 0 Å². The molecule has 0 aliphatic carbocycles. The van der Waals surface area contributed by atoms with E-state index in [1.165, 1.54) is 11.3 Å². The lowest BCUT2D eigenvalue weighted by Gasteiger charge is -2.07. The average Bonchev–Trinajstić information content (AvgIpc) is 2.59. The number of hydrogen-bond acceptors (Lipinski definition) is 4. The summed E-state index contributed by atoms with van der Waals surface area (Å²) < 4.78 is 34.9. The van der Waals surface area contributed by atoms with Crippen molar-refractivity contribution in [3.8, 4) is 6.07 Å². The molecule has 0 unspecified atom stereocenters. The summed E-state index contributed by atoms with van der Waals surface area (Å²) >= 11 is 1.29. The molecule has 1 rings (SSSR count). The highest BCUT2D eigenvalue weighted by Gasteiger charge is 2.27. The fourth-order valence-corrected chi connectivity index (χ4v) is 1.52. The van der Waals surface area contributed by atoms with Gasteiger partial charge in [-0.3, -0.25) is 4.84 Å². The predicted octanol–water partition coefficient (Wildman–Crippen LogP) is 2.20. The Kier molecular flexibility index (Phi) is 4.08. The summed E-state index contributed by atoms with van der Waals surface area (Å²) in [6, 6.07) is 3.52. The van der Waals surface area contributed by atoms with Gasteiger partial charge in [0, 0.05) is 10.3 Å². The molecule has 15 heavy (non-hydrogen) atoms. The first-order valence-electron chi connectivity index (χ1n) is 3.90. The Balaban J connectivity index is 2.24. The third kappa shape index (κ3) is 4.78. The van der Waals surface area contributed by atoms with Gasteiger partial charge in [0.2, 0.25) is 0 Å². The number of nitrogens with one attached hydrogen (secondary N) is 1. The van der Waals surface area contributed by atoms with Gasteiger partial charge in [0.15, 0.2) is 6.61 Å². The topological polar surface area (TPSA) is 45.0 Å². The molecule has 1 heterocycles. The van der Waals surface area contributed by atoms with Gasteiger partial charge < -0.3 is 0 Å². The molecule has 7 heteroatoms. The number of nitrogens with zero attached hydrogens (tertiary/aromatic N) is 1. The molecule has 0 fully saturated rings. The summed E-state index contributed by atoms with van der Waals surface area (Å²) in [5, 5.41) is 10.1. The molecule has 0 aromatic carbocycles. The van der Waals surface area contributed by atoms with Gasteiger partial charge in [0.05, 0.1) is 12.1 Å². The van der Waals surface area contributed by atoms with Crippen LogP contribution in [-0.2, 0) is 11.4 Å². The number of thiophene rings is 1. The van der Waals surface area contributed by atoms with E-state index in [4.69, 9.17) is 5.26 Å². The van der Waals surface area contributed by atoms with Crippen LogP contribution in [0.4, 0.5) is 13.2 Å². The average molecular weight is 236 g/mol. The molecule has 0 saturated carbocycles. The molecule has 1 aromatic rings. The van der Waals surface area contributed by atoms with Crippen molar-refractivity contribution < 1.29 is 18.0 Å². The van der Waals surface area contributed by atoms with E-state index in [1.807, 2.05) is 6.07 Å². The van der Waals surface area contributed by atoms with Crippen LogP contribution in [0.3, 0.4) is 0 Å². The number of nitriles is 1. The molecule has 0 aliphatic rings. The number of hydrogen-bond donors (Lipinski definition) is 1. The second-order valence-corrected chi connectivity index (χ2v) is 3.63. The zero-order valence-corrected chi connectivity index (χ0v) is 8.28. The first-order valence-corrected chi connectivity index (χ1v) is 4.78. The van der Waals surface area contributed by atoms with E-state index >= 15 is 0 Å². The highest BCUT2D eigenvalue weighted by atomic mass is 32.1. The molecule has 3 nitrogen and oxygen atoms in total. The van der Waals surface area contributed by atoms with E-state index in [-0.39, 0.29) is 6.54 Å². The highest BCUT2D eigenvalue weighted by molar-refractivity contribution is 7.10. The van der Waals surface area contributed by atoms with Crippen molar-refractivity contribution in [3.05, 3.63) is 21.9 Å². The quantitative estimate of drug-likeness (QED) is 0.644. The first-order chi connectivity index (χ1) is 7.01. The van der Waals surface area contributed by atoms with Crippen LogP contribution in [0.5, 0.6) is 0 Å². The van der Waals surface area contributed by atoms with Gasteiger partial charge in [0.1, 0.15) is 6.07 Å². The van der Waals surface area contributed by atoms with Crippen molar-refractivity contribution in [2.24, 2.45) is 0 Å². The lowest BCUT2D eigenvalue weighted by atomic mass is 10.3. The molecule has 1 aromatic heterocycles. The molecule has 1 N–H and O–H groups in total. The SMILES string of the molecule is N#Cc1csc(CNOCC(F)(F)F)c1. The second kappa shape index (κ2) is 5.11. The number of rotatable bonds is 4. The summed E-state index contributed by atoms with van der Waals surface area (Å²) in [6.45, 7) is -1.17. The molecule has 0 saturated heterocycles. The lowest BCUT2D eigenvalue weighted by molar-refractivity contribution is -0.190. The Labute approximate surface area is 88.0 Å². The van der Waals surface area contributed by atoms with Crippen molar-refractivity contribution in [1.29, 1.82) is 5.26 Å². The van der Waals surface area contributed by atoms with Gasteiger partial charge in [-0.1, -0.05) is 0 Å². The standard InChI is InChI=1S/C8H7F3N2OS/c9-8(10,11)5-14-13-3-7-1-6(2-12)4-15-7/h1,4,13H,3,5H2. The highest BCUT2D eigenvalue weighted by Crippen LogP contribution is 2.15. The van der Waals surface area contributed by atoms with Gasteiger partial charge in [-0.2, -0.15) is 23.9 Å². The molecule has 0 radical (unpaired) electrons. The first kappa shape index (κ1) is 12.0. The minimum absolute atomic E-state index is 0.155. The van der Waals surface area contributed by atoms with Gasteiger partial charge >= 0.3 is 6.18 Å². The van der Waals surface area contributed by atoms with Crippen LogP contribution in [0.1, 0.15) is 10.4 Å². The summed E-state index contributed by atoms with van der Waals surface area (Å²) in [5.41, 5.74) is 2.67. The Morgan fingerprint density at radius 2 is 2.27 bits per heavy atom. The van der Waals surface area contributed by atoms with E-state index in [9.17, 15) is 13.2 Å². The van der Waals surface area contributed by atoms with Crippen LogP contribution in [0.25, 0.3) is 0 Å². The molecular weight excluding hydrogens is 229 g/mol. The molecule has 0 spiro atoms. The number of alkyl halides is 3. The molecular formula is C8H7F3N2OS. The summed E-state index contributed by atoms with van der Waals surface area (Å²) in [6.07, 6.45) is -4.33. The van der Waals surface area contributed by atoms with Crippen molar-refractivity contribution in [2.45, 2.75) is 12.7 Å². The Hall–Kier alpha value is -1.10. The molecule has 82 valence electrons. The molecule has 0 amide bonds. The Morgan fingerprint density at radius 3 is 2.80 bits per heavy atom. The van der Waals surface area contributed by atoms with E-state index in [2.05, 4.69) is 10.3 Å². The fourth-order valence-electron chi connectivity index (χ4n) is 0.787. The summed E-state index contributed by atoms with van der Waals surface area (Å²) in [7, 11) is 0. The molecule has 0 atom stereocenters. The maximum Gasteiger partial charge on any atom is 0.413 e. The predicted molar refractivity (Wildman–Crippen MR) is 47.9 cm³/mol. The third-order valence-electron chi connectivity index (χ3n) is 1.37. The van der Waals surface area contributed by atoms with Crippen molar-refractivity contribution >= 4 is 11.3 Å². The van der Waals surface area contributed by atoms with E-state index in [1.54, 1.807) is 11.4 Å². The zero-order valence-electron chi connectivity index (χ0n) is 7.47. The zero-order chi connectivity index (χ0) is 11.3. The Morgan fingerprint density at radius 1 is 1.53 bits per heavy atom. The molecule has 0 bridgehead atoms. The van der Waals surface area contributed by atoms with Crippen molar-refractivity contribution in [2.75, 3.05) is 6.61 Å². The van der Waals surface area contributed by atoms with Gasteiger partial charge in [-0.05, 0) is 6.07 Å². The second-order valence-electron chi connectivity index (χ2n) is 2.64. The molecule has 0 aliphatic heterocycles. The van der Waals surface area contributed by atoms with Crippen LogP contribution in [0, 0.1) is 11.3 Å². The van der Waals surface area contributed by atoms with Gasteiger partial charge in [-0.25, -0.2) is 0 Å². The van der Waals surface area contributed by atoms with Crippen LogP contribution >= 0.6 is 11.3 Å². The maximum atomic E-state index is 11.6. The maximum absolute atomic E-state index is 11.6. The van der Waals surface area contributed by atoms with Crippen LogP contribution in [0.2, 0.25) is 0 Å².